The molecule has 1 aliphatic heterocycles. The van der Waals surface area contributed by atoms with Crippen molar-refractivity contribution >= 4 is 22.4 Å². The van der Waals surface area contributed by atoms with Crippen LogP contribution in [-0.2, 0) is 11.3 Å². The second kappa shape index (κ2) is 8.53. The minimum atomic E-state index is 0.0418. The largest absolute Gasteiger partial charge is 0.507 e. The van der Waals surface area contributed by atoms with Crippen LogP contribution in [-0.4, -0.2) is 31.2 Å². The summed E-state index contributed by atoms with van der Waals surface area (Å²) in [6, 6.07) is 19.3. The van der Waals surface area contributed by atoms with Gasteiger partial charge < -0.3 is 20.1 Å². The lowest BCUT2D eigenvalue weighted by Crippen LogP contribution is -3.11. The van der Waals surface area contributed by atoms with Crippen LogP contribution in [0.2, 0.25) is 0 Å². The smallest absolute Gasteiger partial charge is 0.227 e. The molecule has 0 aromatic heterocycles. The third kappa shape index (κ3) is 4.35. The number of benzene rings is 3. The highest BCUT2D eigenvalue weighted by Gasteiger charge is 2.28. The summed E-state index contributed by atoms with van der Waals surface area (Å²) >= 11 is 0. The van der Waals surface area contributed by atoms with Crippen molar-refractivity contribution in [3.63, 3.8) is 0 Å². The van der Waals surface area contributed by atoms with Crippen LogP contribution in [0.15, 0.2) is 60.7 Å². The summed E-state index contributed by atoms with van der Waals surface area (Å²) < 4.78 is 5.36. The molecule has 0 saturated carbocycles. The number of ether oxygens (including phenoxy) is 1. The average Bonchev–Trinajstić information content (AvgIpc) is 2.76. The molecule has 0 radical (unpaired) electrons. The SMILES string of the molecule is COc1ccc2ccc(O)c(C[NH+]3CCC(C(=O)Nc4ccccc4)CC3)c2c1. The number of phenolic OH excluding ortho intramolecular Hbond substituents is 1. The molecule has 0 atom stereocenters. The van der Waals surface area contributed by atoms with E-state index in [4.69, 9.17) is 4.74 Å². The van der Waals surface area contributed by atoms with Crippen LogP contribution in [0.25, 0.3) is 10.8 Å². The van der Waals surface area contributed by atoms with E-state index in [2.05, 4.69) is 5.32 Å². The van der Waals surface area contributed by atoms with Gasteiger partial charge in [-0.3, -0.25) is 4.79 Å². The molecule has 5 nitrogen and oxygen atoms in total. The highest BCUT2D eigenvalue weighted by molar-refractivity contribution is 5.92. The second-order valence-electron chi connectivity index (χ2n) is 7.71. The van der Waals surface area contributed by atoms with Gasteiger partial charge in [0.2, 0.25) is 5.91 Å². The molecule has 1 aliphatic rings. The molecular formula is C24H27N2O3+. The van der Waals surface area contributed by atoms with Gasteiger partial charge in [0.05, 0.1) is 25.8 Å². The van der Waals surface area contributed by atoms with E-state index >= 15 is 0 Å². The van der Waals surface area contributed by atoms with Crippen LogP contribution in [0.3, 0.4) is 0 Å². The van der Waals surface area contributed by atoms with Gasteiger partial charge in [0.1, 0.15) is 18.0 Å². The Morgan fingerprint density at radius 3 is 2.55 bits per heavy atom. The minimum absolute atomic E-state index is 0.0418. The van der Waals surface area contributed by atoms with Gasteiger partial charge in [-0.15, -0.1) is 0 Å². The number of rotatable bonds is 5. The summed E-state index contributed by atoms with van der Waals surface area (Å²) in [7, 11) is 1.65. The Hall–Kier alpha value is -3.05. The number of aromatic hydroxyl groups is 1. The average molecular weight is 391 g/mol. The summed E-state index contributed by atoms with van der Waals surface area (Å²) in [5.41, 5.74) is 1.80. The summed E-state index contributed by atoms with van der Waals surface area (Å²) in [6.07, 6.45) is 1.70. The number of carbonyl (C=O) groups is 1. The predicted molar refractivity (Wildman–Crippen MR) is 114 cm³/mol. The number of likely N-dealkylation sites (tertiary alicyclic amines) is 1. The van der Waals surface area contributed by atoms with Gasteiger partial charge in [-0.2, -0.15) is 0 Å². The van der Waals surface area contributed by atoms with Crippen molar-refractivity contribution in [2.75, 3.05) is 25.5 Å². The maximum Gasteiger partial charge on any atom is 0.227 e. The number of amides is 1. The highest BCUT2D eigenvalue weighted by atomic mass is 16.5. The van der Waals surface area contributed by atoms with Crippen LogP contribution in [0.4, 0.5) is 5.69 Å². The van der Waals surface area contributed by atoms with E-state index in [9.17, 15) is 9.90 Å². The number of fused-ring (bicyclic) bond motifs is 1. The molecule has 0 bridgehead atoms. The summed E-state index contributed by atoms with van der Waals surface area (Å²) in [4.78, 5) is 13.9. The van der Waals surface area contributed by atoms with E-state index in [1.165, 1.54) is 4.90 Å². The lowest BCUT2D eigenvalue weighted by Gasteiger charge is -2.29. The van der Waals surface area contributed by atoms with Gasteiger partial charge in [-0.05, 0) is 41.1 Å². The van der Waals surface area contributed by atoms with Gasteiger partial charge in [0.15, 0.2) is 0 Å². The van der Waals surface area contributed by atoms with Crippen molar-refractivity contribution < 1.29 is 19.5 Å². The topological polar surface area (TPSA) is 63.0 Å². The molecule has 1 saturated heterocycles. The van der Waals surface area contributed by atoms with E-state index in [-0.39, 0.29) is 11.8 Å². The lowest BCUT2D eigenvalue weighted by atomic mass is 9.94. The molecule has 1 heterocycles. The predicted octanol–water partition coefficient (Wildman–Crippen LogP) is 2.99. The molecular weight excluding hydrogens is 364 g/mol. The van der Waals surface area contributed by atoms with Gasteiger partial charge in [-0.25, -0.2) is 0 Å². The van der Waals surface area contributed by atoms with Gasteiger partial charge in [-0.1, -0.05) is 30.3 Å². The zero-order valence-electron chi connectivity index (χ0n) is 16.7. The fourth-order valence-corrected chi connectivity index (χ4v) is 4.14. The number of methoxy groups -OCH3 is 1. The van der Waals surface area contributed by atoms with Crippen LogP contribution in [0.5, 0.6) is 11.5 Å². The number of hydrogen-bond acceptors (Lipinski definition) is 3. The van der Waals surface area contributed by atoms with Crippen molar-refractivity contribution in [1.82, 2.24) is 0 Å². The van der Waals surface area contributed by atoms with Gasteiger partial charge in [0.25, 0.3) is 0 Å². The zero-order valence-corrected chi connectivity index (χ0v) is 16.7. The molecule has 1 fully saturated rings. The monoisotopic (exact) mass is 391 g/mol. The Bertz CT molecular complexity index is 996. The molecule has 4 rings (SSSR count). The first-order chi connectivity index (χ1) is 14.1. The first-order valence-electron chi connectivity index (χ1n) is 10.1. The van der Waals surface area contributed by atoms with Crippen LogP contribution < -0.4 is 15.0 Å². The molecule has 3 aromatic carbocycles. The molecule has 0 unspecified atom stereocenters. The van der Waals surface area contributed by atoms with E-state index in [1.54, 1.807) is 13.2 Å². The number of hydrogen-bond donors (Lipinski definition) is 3. The van der Waals surface area contributed by atoms with Crippen molar-refractivity contribution in [3.8, 4) is 11.5 Å². The van der Waals surface area contributed by atoms with E-state index in [0.717, 1.165) is 60.2 Å². The Balaban J connectivity index is 1.42. The first kappa shape index (κ1) is 19.3. The van der Waals surface area contributed by atoms with Gasteiger partial charge >= 0.3 is 0 Å². The Morgan fingerprint density at radius 2 is 1.83 bits per heavy atom. The first-order valence-corrected chi connectivity index (χ1v) is 10.1. The third-order valence-electron chi connectivity index (χ3n) is 5.85. The van der Waals surface area contributed by atoms with E-state index in [1.807, 2.05) is 54.6 Å². The Labute approximate surface area is 170 Å². The molecule has 1 amide bonds. The quantitative estimate of drug-likeness (QED) is 0.627. The maximum atomic E-state index is 12.6. The summed E-state index contributed by atoms with van der Waals surface area (Å²) in [5.74, 6) is 1.26. The van der Waals surface area contributed by atoms with E-state index in [0.29, 0.717) is 5.75 Å². The molecule has 5 heteroatoms. The number of quaternary nitrogens is 1. The van der Waals surface area contributed by atoms with Crippen molar-refractivity contribution in [1.29, 1.82) is 0 Å². The normalized spacial score (nSPS) is 19.1. The zero-order chi connectivity index (χ0) is 20.2. The van der Waals surface area contributed by atoms with Crippen LogP contribution >= 0.6 is 0 Å². The molecule has 3 N–H and O–H groups in total. The van der Waals surface area contributed by atoms with Crippen LogP contribution in [0, 0.1) is 5.92 Å². The molecule has 29 heavy (non-hydrogen) atoms. The summed E-state index contributed by atoms with van der Waals surface area (Å²) in [6.45, 7) is 2.56. The molecule has 150 valence electrons. The number of carbonyl (C=O) groups excluding carboxylic acids is 1. The standard InChI is InChI=1S/C24H26N2O3/c1-29-20-9-7-17-8-10-23(27)22(21(17)15-20)16-26-13-11-18(12-14-26)24(28)25-19-5-3-2-4-6-19/h2-10,15,18,27H,11-14,16H2,1H3,(H,25,28)/p+1. The number of anilines is 1. The fraction of sp³-hybridized carbons (Fsp3) is 0.292. The minimum Gasteiger partial charge on any atom is -0.507 e. The van der Waals surface area contributed by atoms with Gasteiger partial charge in [0, 0.05) is 24.4 Å². The number of phenols is 1. The molecule has 3 aromatic rings. The summed E-state index contributed by atoms with van der Waals surface area (Å²) in [5, 5.41) is 15.6. The van der Waals surface area contributed by atoms with Crippen molar-refractivity contribution in [2.45, 2.75) is 19.4 Å². The second-order valence-corrected chi connectivity index (χ2v) is 7.71. The number of nitrogens with one attached hydrogen (secondary N) is 2. The highest BCUT2D eigenvalue weighted by Crippen LogP contribution is 2.29. The number of piperidine rings is 1. The van der Waals surface area contributed by atoms with Crippen molar-refractivity contribution in [3.05, 3.63) is 66.2 Å². The molecule has 0 spiro atoms. The Kier molecular flexibility index (Phi) is 5.67. The van der Waals surface area contributed by atoms with Crippen LogP contribution in [0.1, 0.15) is 18.4 Å². The van der Waals surface area contributed by atoms with Crippen molar-refractivity contribution in [2.24, 2.45) is 5.92 Å². The van der Waals surface area contributed by atoms with E-state index < -0.39 is 0 Å². The molecule has 0 aliphatic carbocycles. The maximum absolute atomic E-state index is 12.6. The third-order valence-corrected chi connectivity index (χ3v) is 5.85. The Morgan fingerprint density at radius 1 is 1.10 bits per heavy atom. The number of para-hydroxylation sites is 1. The fourth-order valence-electron chi connectivity index (χ4n) is 4.14. The lowest BCUT2D eigenvalue weighted by molar-refractivity contribution is -0.919.